The van der Waals surface area contributed by atoms with Crippen molar-refractivity contribution in [2.45, 2.75) is 59.0 Å². The van der Waals surface area contributed by atoms with Crippen LogP contribution in [0.5, 0.6) is 0 Å². The molecule has 3 nitrogen and oxygen atoms in total. The van der Waals surface area contributed by atoms with Crippen molar-refractivity contribution in [1.29, 1.82) is 0 Å². The maximum Gasteiger partial charge on any atom is 0.0739 e. The Labute approximate surface area is 122 Å². The van der Waals surface area contributed by atoms with Crippen LogP contribution in [-0.4, -0.2) is 23.5 Å². The minimum absolute atomic E-state index is 0.0911. The van der Waals surface area contributed by atoms with Gasteiger partial charge in [0.15, 0.2) is 0 Å². The summed E-state index contributed by atoms with van der Waals surface area (Å²) in [6, 6.07) is 2.38. The monoisotopic (exact) mass is 283 g/mol. The van der Waals surface area contributed by atoms with E-state index >= 15 is 0 Å². The van der Waals surface area contributed by atoms with Crippen molar-refractivity contribution in [2.24, 2.45) is 5.84 Å². The van der Waals surface area contributed by atoms with E-state index in [4.69, 9.17) is 5.84 Å². The van der Waals surface area contributed by atoms with E-state index in [1.54, 1.807) is 0 Å². The normalized spacial score (nSPS) is 14.1. The van der Waals surface area contributed by atoms with Crippen LogP contribution >= 0.6 is 11.3 Å². The molecule has 1 rings (SSSR count). The quantitative estimate of drug-likeness (QED) is 0.567. The molecule has 0 bridgehead atoms. The van der Waals surface area contributed by atoms with E-state index in [1.807, 2.05) is 11.3 Å². The molecule has 4 heteroatoms. The molecule has 19 heavy (non-hydrogen) atoms. The van der Waals surface area contributed by atoms with Crippen molar-refractivity contribution in [3.8, 4) is 0 Å². The fraction of sp³-hybridized carbons (Fsp3) is 0.733. The summed E-state index contributed by atoms with van der Waals surface area (Å²) >= 11 is 1.81. The topological polar surface area (TPSA) is 41.3 Å². The standard InChI is InChI=1S/C15H29N3S/c1-6-15(7-2,18(8-3)9-4)14(17-16)13-12(5)10-11-19-13/h10-11,14,17H,6-9,16H2,1-5H3. The molecule has 1 heterocycles. The third kappa shape index (κ3) is 3.02. The Morgan fingerprint density at radius 1 is 1.26 bits per heavy atom. The number of aryl methyl sites for hydroxylation is 1. The minimum Gasteiger partial charge on any atom is -0.296 e. The molecule has 0 aliphatic heterocycles. The third-order valence-electron chi connectivity index (χ3n) is 4.49. The number of hydrogen-bond acceptors (Lipinski definition) is 4. The molecule has 0 fully saturated rings. The van der Waals surface area contributed by atoms with Gasteiger partial charge in [-0.3, -0.25) is 16.2 Å². The van der Waals surface area contributed by atoms with E-state index in [1.165, 1.54) is 10.4 Å². The van der Waals surface area contributed by atoms with Gasteiger partial charge in [-0.1, -0.05) is 27.7 Å². The lowest BCUT2D eigenvalue weighted by atomic mass is 9.81. The molecular formula is C15H29N3S. The molecule has 0 aliphatic rings. The predicted octanol–water partition coefficient (Wildman–Crippen LogP) is 3.46. The van der Waals surface area contributed by atoms with Gasteiger partial charge in [-0.25, -0.2) is 0 Å². The van der Waals surface area contributed by atoms with Gasteiger partial charge in [0.1, 0.15) is 0 Å². The van der Waals surface area contributed by atoms with Crippen LogP contribution in [0.15, 0.2) is 11.4 Å². The van der Waals surface area contributed by atoms with Crippen molar-refractivity contribution < 1.29 is 0 Å². The second kappa shape index (κ2) is 7.39. The smallest absolute Gasteiger partial charge is 0.0739 e. The maximum atomic E-state index is 5.95. The van der Waals surface area contributed by atoms with Gasteiger partial charge >= 0.3 is 0 Å². The number of rotatable bonds is 8. The average Bonchev–Trinajstić information content (AvgIpc) is 2.85. The van der Waals surface area contributed by atoms with Gasteiger partial charge in [-0.05, 0) is 49.9 Å². The number of likely N-dealkylation sites (N-methyl/N-ethyl adjacent to an activating group) is 1. The zero-order chi connectivity index (χ0) is 14.5. The van der Waals surface area contributed by atoms with Gasteiger partial charge in [0, 0.05) is 10.4 Å². The Kier molecular flexibility index (Phi) is 6.47. The van der Waals surface area contributed by atoms with Gasteiger partial charge in [-0.15, -0.1) is 11.3 Å². The first-order valence-electron chi connectivity index (χ1n) is 7.36. The van der Waals surface area contributed by atoms with Crippen molar-refractivity contribution in [3.63, 3.8) is 0 Å². The van der Waals surface area contributed by atoms with Gasteiger partial charge < -0.3 is 0 Å². The largest absolute Gasteiger partial charge is 0.296 e. The zero-order valence-electron chi connectivity index (χ0n) is 13.0. The van der Waals surface area contributed by atoms with Crippen LogP contribution in [0, 0.1) is 6.92 Å². The van der Waals surface area contributed by atoms with Gasteiger partial charge in [0.05, 0.1) is 6.04 Å². The summed E-state index contributed by atoms with van der Waals surface area (Å²) in [6.07, 6.45) is 2.19. The number of hydrazine groups is 1. The summed E-state index contributed by atoms with van der Waals surface area (Å²) < 4.78 is 0. The van der Waals surface area contributed by atoms with Gasteiger partial charge in [-0.2, -0.15) is 0 Å². The molecule has 3 N–H and O–H groups in total. The van der Waals surface area contributed by atoms with E-state index in [-0.39, 0.29) is 11.6 Å². The van der Waals surface area contributed by atoms with Crippen LogP contribution < -0.4 is 11.3 Å². The van der Waals surface area contributed by atoms with Gasteiger partial charge in [0.2, 0.25) is 0 Å². The molecule has 1 aromatic rings. The second-order valence-corrected chi connectivity index (χ2v) is 6.00. The van der Waals surface area contributed by atoms with E-state index < -0.39 is 0 Å². The Morgan fingerprint density at radius 2 is 1.84 bits per heavy atom. The highest BCUT2D eigenvalue weighted by molar-refractivity contribution is 7.10. The fourth-order valence-electron chi connectivity index (χ4n) is 3.30. The first-order valence-corrected chi connectivity index (χ1v) is 8.24. The summed E-state index contributed by atoms with van der Waals surface area (Å²) in [6.45, 7) is 13.3. The lowest BCUT2D eigenvalue weighted by Gasteiger charge is -2.47. The number of hydrogen-bond donors (Lipinski definition) is 2. The van der Waals surface area contributed by atoms with Crippen LogP contribution in [0.2, 0.25) is 0 Å². The first-order chi connectivity index (χ1) is 9.11. The van der Waals surface area contributed by atoms with E-state index in [9.17, 15) is 0 Å². The molecule has 0 radical (unpaired) electrons. The van der Waals surface area contributed by atoms with Crippen LogP contribution in [0.25, 0.3) is 0 Å². The third-order valence-corrected chi connectivity index (χ3v) is 5.57. The van der Waals surface area contributed by atoms with Crippen LogP contribution in [0.4, 0.5) is 0 Å². The fourth-order valence-corrected chi connectivity index (χ4v) is 4.39. The molecule has 0 aliphatic carbocycles. The van der Waals surface area contributed by atoms with Crippen molar-refractivity contribution in [2.75, 3.05) is 13.1 Å². The molecule has 0 aromatic carbocycles. The van der Waals surface area contributed by atoms with Crippen molar-refractivity contribution >= 4 is 11.3 Å². The van der Waals surface area contributed by atoms with Crippen LogP contribution in [-0.2, 0) is 0 Å². The molecule has 0 amide bonds. The molecule has 1 atom stereocenters. The minimum atomic E-state index is 0.0911. The summed E-state index contributed by atoms with van der Waals surface area (Å²) in [5, 5.41) is 2.16. The van der Waals surface area contributed by atoms with Crippen LogP contribution in [0.1, 0.15) is 57.0 Å². The first kappa shape index (κ1) is 16.6. The van der Waals surface area contributed by atoms with Crippen molar-refractivity contribution in [1.82, 2.24) is 10.3 Å². The zero-order valence-corrected chi connectivity index (χ0v) is 13.8. The number of nitrogens with two attached hydrogens (primary N) is 1. The second-order valence-electron chi connectivity index (χ2n) is 5.05. The highest BCUT2D eigenvalue weighted by Gasteiger charge is 2.41. The van der Waals surface area contributed by atoms with E-state index in [0.717, 1.165) is 25.9 Å². The van der Waals surface area contributed by atoms with E-state index in [2.05, 4.69) is 56.4 Å². The van der Waals surface area contributed by atoms with Crippen molar-refractivity contribution in [3.05, 3.63) is 21.9 Å². The highest BCUT2D eigenvalue weighted by atomic mass is 32.1. The SMILES string of the molecule is CCN(CC)C(CC)(CC)C(NN)c1sccc1C. The molecule has 0 saturated heterocycles. The lowest BCUT2D eigenvalue weighted by Crippen LogP contribution is -2.57. The van der Waals surface area contributed by atoms with Gasteiger partial charge in [0.25, 0.3) is 0 Å². The Balaban J connectivity index is 3.25. The van der Waals surface area contributed by atoms with Crippen LogP contribution in [0.3, 0.4) is 0 Å². The number of thiophene rings is 1. The Hall–Kier alpha value is -0.420. The molecular weight excluding hydrogens is 254 g/mol. The summed E-state index contributed by atoms with van der Waals surface area (Å²) in [7, 11) is 0. The Bertz CT molecular complexity index is 367. The molecule has 1 unspecified atom stereocenters. The highest BCUT2D eigenvalue weighted by Crippen LogP contribution is 2.39. The molecule has 0 saturated carbocycles. The number of nitrogens with zero attached hydrogens (tertiary/aromatic N) is 1. The number of nitrogens with one attached hydrogen (secondary N) is 1. The molecule has 110 valence electrons. The summed E-state index contributed by atoms with van der Waals surface area (Å²) in [5.74, 6) is 5.95. The summed E-state index contributed by atoms with van der Waals surface area (Å²) in [4.78, 5) is 3.93. The maximum absolute atomic E-state index is 5.95. The Morgan fingerprint density at radius 3 is 2.16 bits per heavy atom. The summed E-state index contributed by atoms with van der Waals surface area (Å²) in [5.41, 5.74) is 4.54. The molecule has 1 aromatic heterocycles. The average molecular weight is 283 g/mol. The lowest BCUT2D eigenvalue weighted by molar-refractivity contribution is 0.0497. The molecule has 0 spiro atoms. The predicted molar refractivity (Wildman–Crippen MR) is 85.4 cm³/mol. The van der Waals surface area contributed by atoms with E-state index in [0.29, 0.717) is 0 Å².